The topological polar surface area (TPSA) is 28.7 Å². The van der Waals surface area contributed by atoms with Crippen LogP contribution in [0.4, 0.5) is 0 Å². The molecule has 0 saturated carbocycles. The molecule has 0 aromatic carbocycles. The Kier molecular flexibility index (Phi) is 0.998. The summed E-state index contributed by atoms with van der Waals surface area (Å²) in [4.78, 5) is 7.15. The highest BCUT2D eigenvalue weighted by Gasteiger charge is 1.88. The molecule has 2 heterocycles. The molecule has 0 spiro atoms. The molecular formula is C6H5N2P. The van der Waals surface area contributed by atoms with Gasteiger partial charge in [-0.3, -0.25) is 0 Å². The van der Waals surface area contributed by atoms with E-state index in [4.69, 9.17) is 0 Å². The monoisotopic (exact) mass is 136 g/mol. The fourth-order valence-corrected chi connectivity index (χ4v) is 1.41. The Bertz CT molecular complexity index is 285. The molecule has 0 aliphatic heterocycles. The summed E-state index contributed by atoms with van der Waals surface area (Å²) in [5, 5.41) is 1.21. The van der Waals surface area contributed by atoms with Gasteiger partial charge in [-0.05, 0) is 11.9 Å². The zero-order valence-corrected chi connectivity index (χ0v) is 5.60. The Labute approximate surface area is 54.0 Å². The lowest BCUT2D eigenvalue weighted by Crippen LogP contribution is -1.67. The van der Waals surface area contributed by atoms with Crippen LogP contribution in [0.3, 0.4) is 0 Å². The summed E-state index contributed by atoms with van der Waals surface area (Å²) >= 11 is 0. The van der Waals surface area contributed by atoms with Crippen LogP contribution in [0.25, 0.3) is 11.0 Å². The molecule has 44 valence electrons. The molecule has 2 nitrogen and oxygen atoms in total. The SMILES string of the molecule is c1cc2cpcnc2[nH]1. The van der Waals surface area contributed by atoms with Crippen molar-refractivity contribution in [2.45, 2.75) is 0 Å². The second kappa shape index (κ2) is 1.82. The maximum atomic E-state index is 4.13. The third-order valence-electron chi connectivity index (χ3n) is 1.22. The van der Waals surface area contributed by atoms with Gasteiger partial charge in [0.25, 0.3) is 0 Å². The molecule has 0 aliphatic rings. The molecule has 0 fully saturated rings. The number of aromatic amines is 1. The van der Waals surface area contributed by atoms with Crippen molar-refractivity contribution >= 4 is 19.2 Å². The molecule has 1 N–H and O–H groups in total. The predicted octanol–water partition coefficient (Wildman–Crippen LogP) is 2.14. The third kappa shape index (κ3) is 0.718. The first-order valence-corrected chi connectivity index (χ1v) is 3.73. The second-order valence-corrected chi connectivity index (χ2v) is 2.59. The van der Waals surface area contributed by atoms with Gasteiger partial charge in [0.15, 0.2) is 0 Å². The van der Waals surface area contributed by atoms with Crippen molar-refractivity contribution in [1.29, 1.82) is 0 Å². The van der Waals surface area contributed by atoms with Crippen molar-refractivity contribution < 1.29 is 0 Å². The Balaban J connectivity index is 2.95. The van der Waals surface area contributed by atoms with Crippen molar-refractivity contribution in [3.8, 4) is 0 Å². The van der Waals surface area contributed by atoms with E-state index in [0.717, 1.165) is 5.65 Å². The zero-order valence-electron chi connectivity index (χ0n) is 4.70. The highest BCUT2D eigenvalue weighted by Crippen LogP contribution is 2.12. The number of rotatable bonds is 0. The van der Waals surface area contributed by atoms with E-state index in [2.05, 4.69) is 15.8 Å². The molecule has 0 bridgehead atoms. The summed E-state index contributed by atoms with van der Waals surface area (Å²) in [6.45, 7) is 0. The predicted molar refractivity (Wildman–Crippen MR) is 38.6 cm³/mol. The number of H-pyrrole nitrogens is 1. The van der Waals surface area contributed by atoms with Crippen LogP contribution in [0.15, 0.2) is 24.0 Å². The normalized spacial score (nSPS) is 11.1. The number of nitrogens with zero attached hydrogens (tertiary/aromatic N) is 1. The van der Waals surface area contributed by atoms with Gasteiger partial charge in [-0.25, -0.2) is 4.98 Å². The highest BCUT2D eigenvalue weighted by molar-refractivity contribution is 7.28. The Morgan fingerprint density at radius 3 is 3.44 bits per heavy atom. The van der Waals surface area contributed by atoms with Gasteiger partial charge in [0.2, 0.25) is 0 Å². The summed E-state index contributed by atoms with van der Waals surface area (Å²) in [5.41, 5.74) is 0.980. The van der Waals surface area contributed by atoms with Gasteiger partial charge in [0.05, 0.1) is 5.93 Å². The van der Waals surface area contributed by atoms with Gasteiger partial charge in [0, 0.05) is 11.6 Å². The number of nitrogens with one attached hydrogen (secondary N) is 1. The van der Waals surface area contributed by atoms with Crippen LogP contribution >= 0.6 is 8.19 Å². The minimum atomic E-state index is 0.980. The first-order valence-electron chi connectivity index (χ1n) is 2.70. The van der Waals surface area contributed by atoms with Crippen LogP contribution in [0.2, 0.25) is 0 Å². The summed E-state index contributed by atoms with van der Waals surface area (Å²) in [5.74, 6) is 4.00. The molecule has 9 heavy (non-hydrogen) atoms. The number of fused-ring (bicyclic) bond motifs is 1. The van der Waals surface area contributed by atoms with Gasteiger partial charge < -0.3 is 4.98 Å². The molecule has 0 unspecified atom stereocenters. The van der Waals surface area contributed by atoms with Crippen LogP contribution in [0.5, 0.6) is 0 Å². The lowest BCUT2D eigenvalue weighted by Gasteiger charge is -1.81. The van der Waals surface area contributed by atoms with Crippen LogP contribution in [0, 0.1) is 0 Å². The summed E-state index contributed by atoms with van der Waals surface area (Å²) in [6, 6.07) is 2.03. The minimum Gasteiger partial charge on any atom is -0.346 e. The molecule has 0 saturated heterocycles. The van der Waals surface area contributed by atoms with E-state index in [0.29, 0.717) is 0 Å². The molecule has 3 heteroatoms. The van der Waals surface area contributed by atoms with E-state index >= 15 is 0 Å². The minimum absolute atomic E-state index is 0.980. The first kappa shape index (κ1) is 4.95. The van der Waals surface area contributed by atoms with E-state index in [9.17, 15) is 0 Å². The van der Waals surface area contributed by atoms with Crippen LogP contribution in [-0.2, 0) is 0 Å². The Morgan fingerprint density at radius 1 is 1.56 bits per heavy atom. The number of hydrogen-bond acceptors (Lipinski definition) is 1. The number of hydrogen-bond donors (Lipinski definition) is 1. The van der Waals surface area contributed by atoms with E-state index in [-0.39, 0.29) is 0 Å². The zero-order chi connectivity index (χ0) is 6.10. The molecule has 0 atom stereocenters. The van der Waals surface area contributed by atoms with Gasteiger partial charge >= 0.3 is 0 Å². The van der Waals surface area contributed by atoms with Gasteiger partial charge in [-0.15, -0.1) is 0 Å². The van der Waals surface area contributed by atoms with Crippen molar-refractivity contribution in [1.82, 2.24) is 9.97 Å². The molecule has 0 radical (unpaired) electrons. The van der Waals surface area contributed by atoms with Crippen molar-refractivity contribution in [3.63, 3.8) is 0 Å². The fraction of sp³-hybridized carbons (Fsp3) is 0. The summed E-state index contributed by atoms with van der Waals surface area (Å²) in [7, 11) is 1.18. The largest absolute Gasteiger partial charge is 0.346 e. The average molecular weight is 136 g/mol. The Morgan fingerprint density at radius 2 is 2.56 bits per heavy atom. The second-order valence-electron chi connectivity index (χ2n) is 1.80. The molecule has 2 rings (SSSR count). The van der Waals surface area contributed by atoms with Gasteiger partial charge in [-0.2, -0.15) is 0 Å². The third-order valence-corrected chi connectivity index (χ3v) is 1.90. The summed E-state index contributed by atoms with van der Waals surface area (Å²) in [6.07, 6.45) is 1.90. The van der Waals surface area contributed by atoms with Crippen molar-refractivity contribution in [2.24, 2.45) is 0 Å². The lowest BCUT2D eigenvalue weighted by molar-refractivity contribution is 1.36. The van der Waals surface area contributed by atoms with E-state index in [1.54, 1.807) is 0 Å². The quantitative estimate of drug-likeness (QED) is 0.590. The van der Waals surface area contributed by atoms with Crippen LogP contribution in [0.1, 0.15) is 0 Å². The average Bonchev–Trinajstić information content (AvgIpc) is 2.33. The highest BCUT2D eigenvalue weighted by atomic mass is 31.0. The van der Waals surface area contributed by atoms with Crippen LogP contribution in [-0.4, -0.2) is 9.97 Å². The lowest BCUT2D eigenvalue weighted by atomic mass is 10.5. The molecule has 0 amide bonds. The fourth-order valence-electron chi connectivity index (χ4n) is 0.793. The van der Waals surface area contributed by atoms with E-state index < -0.39 is 0 Å². The number of aromatic nitrogens is 2. The van der Waals surface area contributed by atoms with Crippen molar-refractivity contribution in [3.05, 3.63) is 24.0 Å². The molecule has 0 aliphatic carbocycles. The molecule has 2 aromatic rings. The molecular weight excluding hydrogens is 131 g/mol. The van der Waals surface area contributed by atoms with E-state index in [1.807, 2.05) is 18.2 Å². The standard InChI is InChI=1S/C6H5N2P/c1-2-7-6-5(1)3-9-4-8-6/h1-4H,(H,7,8). The van der Waals surface area contributed by atoms with E-state index in [1.165, 1.54) is 13.6 Å². The maximum absolute atomic E-state index is 4.13. The first-order chi connectivity index (χ1) is 4.47. The van der Waals surface area contributed by atoms with Crippen LogP contribution < -0.4 is 0 Å². The molecule has 2 aromatic heterocycles. The Hall–Kier alpha value is -0.880. The van der Waals surface area contributed by atoms with Gasteiger partial charge in [-0.1, -0.05) is 8.19 Å². The smallest absolute Gasteiger partial charge is 0.137 e. The van der Waals surface area contributed by atoms with Crippen molar-refractivity contribution in [2.75, 3.05) is 0 Å². The maximum Gasteiger partial charge on any atom is 0.137 e. The summed E-state index contributed by atoms with van der Waals surface area (Å²) < 4.78 is 0. The van der Waals surface area contributed by atoms with Gasteiger partial charge in [0.1, 0.15) is 5.65 Å².